The molecule has 23 heavy (non-hydrogen) atoms. The molecule has 2 aromatic rings. The Morgan fingerprint density at radius 3 is 1.61 bits per heavy atom. The number of hydrogen-bond donors (Lipinski definition) is 1. The Kier molecular flexibility index (Phi) is 5.80. The molecule has 124 valence electrons. The van der Waals surface area contributed by atoms with Gasteiger partial charge in [0.1, 0.15) is 0 Å². The van der Waals surface area contributed by atoms with Crippen molar-refractivity contribution >= 4 is 0 Å². The summed E-state index contributed by atoms with van der Waals surface area (Å²) >= 11 is 0. The molecule has 2 aromatic carbocycles. The SMILES string of the molecule is C[C@@H]([C@H](O)C(F)(F)F)N(Cc1ccccc1)Cc1ccccc1. The zero-order valence-corrected chi connectivity index (χ0v) is 12.9. The predicted octanol–water partition coefficient (Wildman–Crippen LogP) is 4.00. The molecule has 0 aliphatic rings. The van der Waals surface area contributed by atoms with Crippen molar-refractivity contribution in [2.24, 2.45) is 0 Å². The van der Waals surface area contributed by atoms with E-state index in [9.17, 15) is 18.3 Å². The van der Waals surface area contributed by atoms with Crippen LogP contribution >= 0.6 is 0 Å². The minimum absolute atomic E-state index is 0.337. The van der Waals surface area contributed by atoms with Crippen LogP contribution in [0.4, 0.5) is 13.2 Å². The topological polar surface area (TPSA) is 23.5 Å². The molecule has 0 unspecified atom stereocenters. The molecule has 0 amide bonds. The number of nitrogens with zero attached hydrogens (tertiary/aromatic N) is 1. The van der Waals surface area contributed by atoms with Crippen LogP contribution < -0.4 is 0 Å². The van der Waals surface area contributed by atoms with Gasteiger partial charge in [-0.2, -0.15) is 13.2 Å². The van der Waals surface area contributed by atoms with E-state index in [4.69, 9.17) is 0 Å². The molecule has 2 atom stereocenters. The van der Waals surface area contributed by atoms with Crippen LogP contribution in [0.3, 0.4) is 0 Å². The summed E-state index contributed by atoms with van der Waals surface area (Å²) in [5.74, 6) is 0. The monoisotopic (exact) mass is 323 g/mol. The van der Waals surface area contributed by atoms with E-state index in [0.717, 1.165) is 11.1 Å². The number of rotatable bonds is 6. The summed E-state index contributed by atoms with van der Waals surface area (Å²) in [6, 6.07) is 17.5. The molecule has 2 nitrogen and oxygen atoms in total. The van der Waals surface area contributed by atoms with Gasteiger partial charge < -0.3 is 5.11 Å². The number of benzene rings is 2. The minimum Gasteiger partial charge on any atom is -0.382 e. The van der Waals surface area contributed by atoms with Crippen LogP contribution in [0.5, 0.6) is 0 Å². The van der Waals surface area contributed by atoms with Crippen LogP contribution in [0, 0.1) is 0 Å². The van der Waals surface area contributed by atoms with Crippen molar-refractivity contribution in [3.8, 4) is 0 Å². The Bertz CT molecular complexity index is 545. The Hall–Kier alpha value is -1.85. The van der Waals surface area contributed by atoms with Gasteiger partial charge in [0.05, 0.1) is 0 Å². The van der Waals surface area contributed by atoms with Crippen molar-refractivity contribution in [3.05, 3.63) is 71.8 Å². The van der Waals surface area contributed by atoms with Crippen molar-refractivity contribution in [2.45, 2.75) is 38.3 Å². The normalized spacial score (nSPS) is 14.7. The van der Waals surface area contributed by atoms with Crippen molar-refractivity contribution in [1.82, 2.24) is 4.90 Å². The van der Waals surface area contributed by atoms with Crippen LogP contribution in [-0.4, -0.2) is 28.3 Å². The lowest BCUT2D eigenvalue weighted by Gasteiger charge is -2.33. The van der Waals surface area contributed by atoms with Crippen molar-refractivity contribution in [3.63, 3.8) is 0 Å². The van der Waals surface area contributed by atoms with Crippen molar-refractivity contribution < 1.29 is 18.3 Å². The summed E-state index contributed by atoms with van der Waals surface area (Å²) in [6.07, 6.45) is -7.01. The highest BCUT2D eigenvalue weighted by atomic mass is 19.4. The Morgan fingerprint density at radius 1 is 0.870 bits per heavy atom. The highest BCUT2D eigenvalue weighted by Gasteiger charge is 2.43. The molecule has 0 bridgehead atoms. The first kappa shape index (κ1) is 17.5. The van der Waals surface area contributed by atoms with E-state index in [2.05, 4.69) is 0 Å². The Balaban J connectivity index is 2.20. The van der Waals surface area contributed by atoms with Gasteiger partial charge in [0.15, 0.2) is 6.10 Å². The lowest BCUT2D eigenvalue weighted by Crippen LogP contribution is -2.47. The molecular formula is C18H20F3NO. The zero-order valence-electron chi connectivity index (χ0n) is 12.9. The molecule has 0 aliphatic heterocycles. The van der Waals surface area contributed by atoms with Gasteiger partial charge in [-0.1, -0.05) is 60.7 Å². The summed E-state index contributed by atoms with van der Waals surface area (Å²) in [5.41, 5.74) is 1.81. The van der Waals surface area contributed by atoms with Crippen LogP contribution in [0.25, 0.3) is 0 Å². The van der Waals surface area contributed by atoms with Gasteiger partial charge in [-0.3, -0.25) is 4.90 Å². The summed E-state index contributed by atoms with van der Waals surface area (Å²) in [7, 11) is 0. The van der Waals surface area contributed by atoms with E-state index < -0.39 is 18.3 Å². The third-order valence-corrected chi connectivity index (χ3v) is 3.83. The molecular weight excluding hydrogens is 303 g/mol. The lowest BCUT2D eigenvalue weighted by molar-refractivity contribution is -0.221. The van der Waals surface area contributed by atoms with Gasteiger partial charge in [0.25, 0.3) is 0 Å². The number of alkyl halides is 3. The third kappa shape index (κ3) is 5.08. The smallest absolute Gasteiger partial charge is 0.382 e. The second-order valence-corrected chi connectivity index (χ2v) is 5.60. The lowest BCUT2D eigenvalue weighted by atomic mass is 10.1. The first-order valence-electron chi connectivity index (χ1n) is 7.44. The van der Waals surface area contributed by atoms with E-state index in [-0.39, 0.29) is 0 Å². The quantitative estimate of drug-likeness (QED) is 0.868. The fourth-order valence-corrected chi connectivity index (χ4v) is 2.45. The highest BCUT2D eigenvalue weighted by Crippen LogP contribution is 2.26. The highest BCUT2D eigenvalue weighted by molar-refractivity contribution is 5.17. The Morgan fingerprint density at radius 2 is 1.26 bits per heavy atom. The third-order valence-electron chi connectivity index (χ3n) is 3.83. The van der Waals surface area contributed by atoms with E-state index in [1.165, 1.54) is 6.92 Å². The van der Waals surface area contributed by atoms with Crippen LogP contribution in [0.2, 0.25) is 0 Å². The van der Waals surface area contributed by atoms with Gasteiger partial charge in [-0.05, 0) is 18.1 Å². The number of aliphatic hydroxyl groups is 1. The average Bonchev–Trinajstić information content (AvgIpc) is 2.54. The van der Waals surface area contributed by atoms with E-state index in [0.29, 0.717) is 13.1 Å². The predicted molar refractivity (Wildman–Crippen MR) is 83.7 cm³/mol. The molecule has 5 heteroatoms. The second-order valence-electron chi connectivity index (χ2n) is 5.60. The van der Waals surface area contributed by atoms with Gasteiger partial charge in [-0.25, -0.2) is 0 Å². The van der Waals surface area contributed by atoms with Crippen molar-refractivity contribution in [1.29, 1.82) is 0 Å². The van der Waals surface area contributed by atoms with Crippen molar-refractivity contribution in [2.75, 3.05) is 0 Å². The van der Waals surface area contributed by atoms with Crippen LogP contribution in [-0.2, 0) is 13.1 Å². The summed E-state index contributed by atoms with van der Waals surface area (Å²) < 4.78 is 38.6. The van der Waals surface area contributed by atoms with Gasteiger partial charge in [0, 0.05) is 19.1 Å². The fraction of sp³-hybridized carbons (Fsp3) is 0.333. The summed E-state index contributed by atoms with van der Waals surface area (Å²) in [5, 5.41) is 9.61. The standard InChI is InChI=1S/C18H20F3NO/c1-14(17(23)18(19,20)21)22(12-15-8-4-2-5-9-15)13-16-10-6-3-7-11-16/h2-11,14,17,23H,12-13H2,1H3/t14-,17-/m0/s1. The van der Waals surface area contributed by atoms with Crippen LogP contribution in [0.1, 0.15) is 18.1 Å². The van der Waals surface area contributed by atoms with Crippen LogP contribution in [0.15, 0.2) is 60.7 Å². The number of halogens is 3. The molecule has 0 fully saturated rings. The number of aliphatic hydroxyl groups excluding tert-OH is 1. The molecule has 0 aliphatic carbocycles. The molecule has 0 aromatic heterocycles. The van der Waals surface area contributed by atoms with E-state index >= 15 is 0 Å². The summed E-state index contributed by atoms with van der Waals surface area (Å²) in [4.78, 5) is 1.64. The molecule has 0 heterocycles. The Labute approximate surface area is 134 Å². The molecule has 0 saturated carbocycles. The minimum atomic E-state index is -4.63. The maximum atomic E-state index is 12.9. The maximum Gasteiger partial charge on any atom is 0.415 e. The average molecular weight is 323 g/mol. The van der Waals surface area contributed by atoms with Gasteiger partial charge in [0.2, 0.25) is 0 Å². The van der Waals surface area contributed by atoms with E-state index in [1.807, 2.05) is 60.7 Å². The molecule has 1 N–H and O–H groups in total. The molecule has 0 saturated heterocycles. The molecule has 0 radical (unpaired) electrons. The molecule has 2 rings (SSSR count). The van der Waals surface area contributed by atoms with Gasteiger partial charge in [-0.15, -0.1) is 0 Å². The number of hydrogen-bond acceptors (Lipinski definition) is 2. The zero-order chi connectivity index (χ0) is 16.9. The maximum absolute atomic E-state index is 12.9. The summed E-state index contributed by atoms with van der Waals surface area (Å²) in [6.45, 7) is 2.08. The van der Waals surface area contributed by atoms with Gasteiger partial charge >= 0.3 is 6.18 Å². The van der Waals surface area contributed by atoms with E-state index in [1.54, 1.807) is 4.90 Å². The first-order chi connectivity index (χ1) is 10.9. The largest absolute Gasteiger partial charge is 0.415 e. The molecule has 0 spiro atoms. The fourth-order valence-electron chi connectivity index (χ4n) is 2.45. The first-order valence-corrected chi connectivity index (χ1v) is 7.44. The second kappa shape index (κ2) is 7.62.